The Bertz CT molecular complexity index is 199. The fraction of sp³-hybridized carbons (Fsp3) is 0.286. The third-order valence-corrected chi connectivity index (χ3v) is 1.05. The summed E-state index contributed by atoms with van der Waals surface area (Å²) < 4.78 is 13.8. The summed E-state index contributed by atoms with van der Waals surface area (Å²) in [5.74, 6) is -0.891. The molecule has 0 aliphatic carbocycles. The average molecular weight is 208 g/mol. The minimum Gasteiger partial charge on any atom is -0.478 e. The van der Waals surface area contributed by atoms with Crippen LogP contribution in [-0.2, 0) is 13.9 Å². The Hall–Kier alpha value is -0.900. The summed E-state index contributed by atoms with van der Waals surface area (Å²) in [5.41, 5.74) is 0. The Balaban J connectivity index is 0. The Labute approximate surface area is 77.3 Å². The number of hydrogen-bond acceptors (Lipinski definition) is 3. The predicted octanol–water partition coefficient (Wildman–Crippen LogP) is 1.22. The van der Waals surface area contributed by atoms with Gasteiger partial charge in [0.15, 0.2) is 0 Å². The van der Waals surface area contributed by atoms with Gasteiger partial charge in [-0.2, -0.15) is 0 Å². The second kappa shape index (κ2) is 11.1. The highest BCUT2D eigenvalue weighted by molar-refractivity contribution is 7.32. The van der Waals surface area contributed by atoms with Crippen molar-refractivity contribution >= 4 is 14.2 Å². The van der Waals surface area contributed by atoms with Crippen molar-refractivity contribution in [3.05, 3.63) is 24.8 Å². The van der Waals surface area contributed by atoms with Crippen molar-refractivity contribution in [3.63, 3.8) is 0 Å². The van der Waals surface area contributed by atoms with E-state index in [1.54, 1.807) is 6.92 Å². The summed E-state index contributed by atoms with van der Waals surface area (Å²) >= 11 is 0. The maximum absolute atomic E-state index is 9.67. The molecular weight excluding hydrogens is 195 g/mol. The third-order valence-electron chi connectivity index (χ3n) is 0.634. The summed E-state index contributed by atoms with van der Waals surface area (Å²) in [4.78, 5) is 17.5. The van der Waals surface area contributed by atoms with Gasteiger partial charge < -0.3 is 14.5 Å². The topological polar surface area (TPSA) is 83.8 Å². The Kier molecular flexibility index (Phi) is 12.5. The van der Waals surface area contributed by atoms with E-state index in [0.717, 1.165) is 6.08 Å². The summed E-state index contributed by atoms with van der Waals surface area (Å²) in [7, 11) is -2.72. The first-order valence-corrected chi connectivity index (χ1v) is 4.63. The van der Waals surface area contributed by atoms with Gasteiger partial charge in [-0.05, 0) is 6.92 Å². The van der Waals surface area contributed by atoms with Gasteiger partial charge in [-0.15, -0.1) is 6.58 Å². The number of rotatable bonds is 4. The number of carbonyl (C=O) groups is 1. The molecule has 0 fully saturated rings. The molecule has 0 radical (unpaired) electrons. The fourth-order valence-electron chi connectivity index (χ4n) is 0.273. The van der Waals surface area contributed by atoms with Crippen molar-refractivity contribution in [2.45, 2.75) is 6.92 Å². The first kappa shape index (κ1) is 14.6. The van der Waals surface area contributed by atoms with E-state index in [2.05, 4.69) is 11.1 Å². The number of hydrogen-bond donors (Lipinski definition) is 2. The summed E-state index contributed by atoms with van der Waals surface area (Å²) in [6.07, 6.45) is 3.97. The number of allylic oxidation sites excluding steroid dienone is 1. The van der Waals surface area contributed by atoms with E-state index in [-0.39, 0.29) is 6.61 Å². The van der Waals surface area contributed by atoms with Crippen molar-refractivity contribution in [3.8, 4) is 0 Å². The minimum absolute atomic E-state index is 0.147. The Morgan fingerprint density at radius 3 is 2.31 bits per heavy atom. The highest BCUT2D eigenvalue weighted by Crippen LogP contribution is 2.12. The lowest BCUT2D eigenvalue weighted by molar-refractivity contribution is -0.131. The largest absolute Gasteiger partial charge is 0.478 e. The molecule has 0 aromatic rings. The van der Waals surface area contributed by atoms with Gasteiger partial charge in [-0.3, -0.25) is 4.57 Å². The minimum atomic E-state index is -2.72. The van der Waals surface area contributed by atoms with Crippen LogP contribution in [0.15, 0.2) is 24.8 Å². The Morgan fingerprint density at radius 1 is 1.69 bits per heavy atom. The van der Waals surface area contributed by atoms with Gasteiger partial charge in [0.25, 0.3) is 0 Å². The standard InChI is InChI=1S/C4H6O2.C3H7O3P/c1-2-3-4(5)6;1-2-3-6-7(4)5/h2-3H,1H3,(H,5,6);2,7H,1,3H2,(H,4,5)/b3-2+;. The second-order valence-electron chi connectivity index (χ2n) is 1.70. The molecule has 13 heavy (non-hydrogen) atoms. The molecule has 1 atom stereocenters. The lowest BCUT2D eigenvalue weighted by Gasteiger charge is -1.88. The first-order valence-electron chi connectivity index (χ1n) is 3.36. The van der Waals surface area contributed by atoms with Crippen molar-refractivity contribution < 1.29 is 23.9 Å². The first-order chi connectivity index (χ1) is 6.04. The van der Waals surface area contributed by atoms with E-state index >= 15 is 0 Å². The van der Waals surface area contributed by atoms with Crippen LogP contribution in [0.5, 0.6) is 0 Å². The molecule has 0 bridgehead atoms. The van der Waals surface area contributed by atoms with Crippen LogP contribution in [0, 0.1) is 0 Å². The van der Waals surface area contributed by atoms with Crippen molar-refractivity contribution in [2.75, 3.05) is 6.61 Å². The molecule has 76 valence electrons. The van der Waals surface area contributed by atoms with Crippen LogP contribution < -0.4 is 0 Å². The average Bonchev–Trinajstić information content (AvgIpc) is 2.01. The van der Waals surface area contributed by atoms with Crippen molar-refractivity contribution in [1.29, 1.82) is 0 Å². The Morgan fingerprint density at radius 2 is 2.23 bits per heavy atom. The molecule has 0 aliphatic rings. The number of aliphatic carboxylic acids is 1. The molecule has 5 nitrogen and oxygen atoms in total. The molecule has 0 rings (SSSR count). The zero-order valence-corrected chi connectivity index (χ0v) is 8.27. The molecule has 6 heteroatoms. The van der Waals surface area contributed by atoms with Gasteiger partial charge in [-0.25, -0.2) is 4.79 Å². The molecule has 0 amide bonds. The van der Waals surface area contributed by atoms with E-state index in [9.17, 15) is 9.36 Å². The normalized spacial score (nSPS) is 11.5. The van der Waals surface area contributed by atoms with Gasteiger partial charge in [0, 0.05) is 6.08 Å². The number of carboxylic acids is 1. The summed E-state index contributed by atoms with van der Waals surface area (Å²) in [6, 6.07) is 0. The van der Waals surface area contributed by atoms with Gasteiger partial charge >= 0.3 is 14.2 Å². The van der Waals surface area contributed by atoms with E-state index in [0.29, 0.717) is 0 Å². The molecular formula is C7H13O5P. The predicted molar refractivity (Wildman–Crippen MR) is 49.8 cm³/mol. The van der Waals surface area contributed by atoms with Crippen LogP contribution in [0.25, 0.3) is 0 Å². The maximum atomic E-state index is 9.67. The van der Waals surface area contributed by atoms with Crippen LogP contribution in [0.4, 0.5) is 0 Å². The van der Waals surface area contributed by atoms with Crippen molar-refractivity contribution in [1.82, 2.24) is 0 Å². The smallest absolute Gasteiger partial charge is 0.327 e. The summed E-state index contributed by atoms with van der Waals surface area (Å²) in [5, 5.41) is 7.83. The molecule has 0 saturated carbocycles. The van der Waals surface area contributed by atoms with Gasteiger partial charge in [0.1, 0.15) is 0 Å². The van der Waals surface area contributed by atoms with Gasteiger partial charge in [-0.1, -0.05) is 12.2 Å². The summed E-state index contributed by atoms with van der Waals surface area (Å²) in [6.45, 7) is 5.08. The molecule has 1 unspecified atom stereocenters. The lowest BCUT2D eigenvalue weighted by atomic mass is 10.5. The quantitative estimate of drug-likeness (QED) is 0.412. The third kappa shape index (κ3) is 24.7. The monoisotopic (exact) mass is 208 g/mol. The molecule has 0 saturated heterocycles. The van der Waals surface area contributed by atoms with Gasteiger partial charge in [0.2, 0.25) is 0 Å². The van der Waals surface area contributed by atoms with E-state index in [4.69, 9.17) is 10.00 Å². The fourth-order valence-corrected chi connectivity index (χ4v) is 0.533. The van der Waals surface area contributed by atoms with Crippen molar-refractivity contribution in [2.24, 2.45) is 0 Å². The molecule has 0 spiro atoms. The zero-order valence-electron chi connectivity index (χ0n) is 7.27. The zero-order chi connectivity index (χ0) is 10.7. The molecule has 0 aromatic heterocycles. The molecule has 0 aromatic carbocycles. The maximum Gasteiger partial charge on any atom is 0.327 e. The number of carboxylic acid groups (broad SMARTS) is 1. The highest BCUT2D eigenvalue weighted by Gasteiger charge is 1.83. The van der Waals surface area contributed by atoms with E-state index in [1.165, 1.54) is 12.2 Å². The van der Waals surface area contributed by atoms with Crippen LogP contribution in [-0.4, -0.2) is 22.6 Å². The van der Waals surface area contributed by atoms with Crippen LogP contribution in [0.1, 0.15) is 6.92 Å². The highest BCUT2D eigenvalue weighted by atomic mass is 31.1. The molecule has 0 heterocycles. The second-order valence-corrected chi connectivity index (χ2v) is 2.52. The molecule has 0 aliphatic heterocycles. The van der Waals surface area contributed by atoms with E-state index < -0.39 is 14.2 Å². The van der Waals surface area contributed by atoms with Crippen LogP contribution >= 0.6 is 8.25 Å². The van der Waals surface area contributed by atoms with Crippen LogP contribution in [0.3, 0.4) is 0 Å². The van der Waals surface area contributed by atoms with Crippen LogP contribution in [0.2, 0.25) is 0 Å². The SMILES string of the molecule is C/C=C/C(=O)O.C=CCO[PH](=O)O. The molecule has 2 N–H and O–H groups in total. The van der Waals surface area contributed by atoms with E-state index in [1.807, 2.05) is 0 Å². The van der Waals surface area contributed by atoms with Gasteiger partial charge in [0.05, 0.1) is 6.61 Å². The lowest BCUT2D eigenvalue weighted by Crippen LogP contribution is -1.83.